The van der Waals surface area contributed by atoms with Gasteiger partial charge in [-0.2, -0.15) is 0 Å². The summed E-state index contributed by atoms with van der Waals surface area (Å²) in [7, 11) is 0. The van der Waals surface area contributed by atoms with Crippen LogP contribution in [0.15, 0.2) is 54.6 Å². The molecule has 0 aliphatic heterocycles. The maximum atomic E-state index is 11.6. The number of para-hydroxylation sites is 2. The van der Waals surface area contributed by atoms with Crippen molar-refractivity contribution in [2.75, 3.05) is 13.2 Å². The van der Waals surface area contributed by atoms with Crippen LogP contribution >= 0.6 is 11.6 Å². The second-order valence-corrected chi connectivity index (χ2v) is 7.23. The first kappa shape index (κ1) is 20.9. The van der Waals surface area contributed by atoms with Crippen molar-refractivity contribution in [3.8, 4) is 5.75 Å². The highest BCUT2D eigenvalue weighted by atomic mass is 35.5. The third-order valence-electron chi connectivity index (χ3n) is 4.62. The summed E-state index contributed by atoms with van der Waals surface area (Å²) >= 11 is 6.07. The van der Waals surface area contributed by atoms with Gasteiger partial charge in [0, 0.05) is 24.5 Å². The van der Waals surface area contributed by atoms with Crippen LogP contribution in [0.4, 0.5) is 0 Å². The summed E-state index contributed by atoms with van der Waals surface area (Å²) < 4.78 is 8.09. The molecular weight excluding hydrogens is 386 g/mol. The molecule has 0 saturated heterocycles. The second-order valence-electron chi connectivity index (χ2n) is 6.82. The molecular formula is C23H26ClN3O2. The maximum Gasteiger partial charge on any atom is 0.243 e. The molecule has 0 unspecified atom stereocenters. The minimum atomic E-state index is -0.0816. The number of benzene rings is 2. The minimum Gasteiger partial charge on any atom is -0.494 e. The quantitative estimate of drug-likeness (QED) is 0.410. The van der Waals surface area contributed by atoms with Crippen LogP contribution in [0.1, 0.15) is 24.7 Å². The predicted molar refractivity (Wildman–Crippen MR) is 118 cm³/mol. The van der Waals surface area contributed by atoms with Crippen molar-refractivity contribution in [2.24, 2.45) is 0 Å². The summed E-state index contributed by atoms with van der Waals surface area (Å²) in [4.78, 5) is 16.4. The van der Waals surface area contributed by atoms with Gasteiger partial charge in [0.05, 0.1) is 17.6 Å². The smallest absolute Gasteiger partial charge is 0.243 e. The Bertz CT molecular complexity index is 1010. The summed E-state index contributed by atoms with van der Waals surface area (Å²) in [5.74, 6) is 1.71. The highest BCUT2D eigenvalue weighted by molar-refractivity contribution is 6.31. The molecule has 1 amide bonds. The number of ether oxygens (including phenoxy) is 1. The largest absolute Gasteiger partial charge is 0.494 e. The van der Waals surface area contributed by atoms with E-state index >= 15 is 0 Å². The normalized spacial score (nSPS) is 11.3. The lowest BCUT2D eigenvalue weighted by atomic mass is 10.2. The number of halogens is 1. The highest BCUT2D eigenvalue weighted by Gasteiger charge is 2.10. The van der Waals surface area contributed by atoms with Gasteiger partial charge in [0.1, 0.15) is 11.6 Å². The van der Waals surface area contributed by atoms with Gasteiger partial charge < -0.3 is 14.6 Å². The molecule has 5 nitrogen and oxygen atoms in total. The number of carbonyl (C=O) groups excluding carboxylic acids is 1. The van der Waals surface area contributed by atoms with Gasteiger partial charge in [-0.3, -0.25) is 4.79 Å². The topological polar surface area (TPSA) is 56.2 Å². The van der Waals surface area contributed by atoms with E-state index in [1.165, 1.54) is 6.08 Å². The van der Waals surface area contributed by atoms with E-state index in [-0.39, 0.29) is 5.91 Å². The van der Waals surface area contributed by atoms with E-state index < -0.39 is 0 Å². The molecule has 0 spiro atoms. The number of allylic oxidation sites excluding steroid dienone is 1. The number of amides is 1. The molecule has 0 saturated carbocycles. The molecule has 0 fully saturated rings. The molecule has 3 rings (SSSR count). The summed E-state index contributed by atoms with van der Waals surface area (Å²) in [6.45, 7) is 5.74. The van der Waals surface area contributed by atoms with Crippen molar-refractivity contribution in [1.82, 2.24) is 14.9 Å². The van der Waals surface area contributed by atoms with Gasteiger partial charge in [-0.15, -0.1) is 0 Å². The molecule has 152 valence electrons. The third-order valence-corrected chi connectivity index (χ3v) is 5.05. The minimum absolute atomic E-state index is 0.0816. The number of rotatable bonds is 9. The number of imidazole rings is 1. The van der Waals surface area contributed by atoms with Gasteiger partial charge in [-0.25, -0.2) is 4.98 Å². The van der Waals surface area contributed by atoms with Crippen LogP contribution in [0, 0.1) is 6.92 Å². The molecule has 1 aromatic heterocycles. The lowest BCUT2D eigenvalue weighted by Crippen LogP contribution is -2.24. The van der Waals surface area contributed by atoms with Crippen molar-refractivity contribution >= 4 is 28.5 Å². The number of nitrogens with zero attached hydrogens (tertiary/aromatic N) is 2. The van der Waals surface area contributed by atoms with Crippen LogP contribution in [-0.4, -0.2) is 28.6 Å². The zero-order valence-corrected chi connectivity index (χ0v) is 17.6. The number of fused-ring (bicyclic) bond motifs is 1. The number of nitrogens with one attached hydrogen (secondary N) is 1. The van der Waals surface area contributed by atoms with E-state index in [0.717, 1.165) is 46.2 Å². The second kappa shape index (κ2) is 10.1. The van der Waals surface area contributed by atoms with Crippen LogP contribution in [0.25, 0.3) is 11.0 Å². The zero-order chi connectivity index (χ0) is 20.6. The molecule has 3 aromatic rings. The van der Waals surface area contributed by atoms with E-state index in [1.54, 1.807) is 6.08 Å². The van der Waals surface area contributed by atoms with E-state index in [9.17, 15) is 4.79 Å². The summed E-state index contributed by atoms with van der Waals surface area (Å²) in [6.07, 6.45) is 4.78. The summed E-state index contributed by atoms with van der Waals surface area (Å²) in [5.41, 5.74) is 3.08. The molecule has 0 aliphatic rings. The first-order chi connectivity index (χ1) is 14.1. The summed E-state index contributed by atoms with van der Waals surface area (Å²) in [6, 6.07) is 13.8. The van der Waals surface area contributed by atoms with E-state index in [1.807, 2.05) is 50.2 Å². The summed E-state index contributed by atoms with van der Waals surface area (Å²) in [5, 5.41) is 3.63. The van der Waals surface area contributed by atoms with Crippen LogP contribution in [0.3, 0.4) is 0 Å². The Morgan fingerprint density at radius 1 is 1.28 bits per heavy atom. The van der Waals surface area contributed by atoms with E-state index in [4.69, 9.17) is 21.3 Å². The molecule has 1 N–H and O–H groups in total. The van der Waals surface area contributed by atoms with E-state index in [0.29, 0.717) is 19.6 Å². The molecule has 0 atom stereocenters. The lowest BCUT2D eigenvalue weighted by molar-refractivity contribution is -0.116. The average Bonchev–Trinajstić information content (AvgIpc) is 3.05. The first-order valence-corrected chi connectivity index (χ1v) is 10.2. The lowest BCUT2D eigenvalue weighted by Gasteiger charge is -2.11. The fourth-order valence-corrected chi connectivity index (χ4v) is 3.31. The molecule has 0 aliphatic carbocycles. The van der Waals surface area contributed by atoms with Crippen molar-refractivity contribution in [2.45, 2.75) is 33.2 Å². The number of aryl methyl sites for hydroxylation is 2. The Morgan fingerprint density at radius 3 is 2.90 bits per heavy atom. The van der Waals surface area contributed by atoms with Gasteiger partial charge in [0.25, 0.3) is 0 Å². The van der Waals surface area contributed by atoms with E-state index in [2.05, 4.69) is 16.0 Å². The number of hydrogen-bond donors (Lipinski definition) is 1. The number of carbonyl (C=O) groups is 1. The van der Waals surface area contributed by atoms with Gasteiger partial charge in [-0.05, 0) is 62.2 Å². The van der Waals surface area contributed by atoms with Gasteiger partial charge >= 0.3 is 0 Å². The van der Waals surface area contributed by atoms with Gasteiger partial charge in [0.2, 0.25) is 5.91 Å². The first-order valence-electron chi connectivity index (χ1n) is 9.82. The monoisotopic (exact) mass is 411 g/mol. The van der Waals surface area contributed by atoms with Crippen molar-refractivity contribution in [3.05, 3.63) is 71.0 Å². The van der Waals surface area contributed by atoms with Crippen LogP contribution in [0.2, 0.25) is 5.02 Å². The van der Waals surface area contributed by atoms with Gasteiger partial charge in [-0.1, -0.05) is 29.8 Å². The van der Waals surface area contributed by atoms with Crippen molar-refractivity contribution in [1.29, 1.82) is 0 Å². The Kier molecular flexibility index (Phi) is 7.30. The van der Waals surface area contributed by atoms with Crippen LogP contribution in [-0.2, 0) is 17.8 Å². The molecule has 29 heavy (non-hydrogen) atoms. The number of hydrogen-bond acceptors (Lipinski definition) is 3. The molecule has 0 radical (unpaired) electrons. The SMILES string of the molecule is C/C=C/C(=O)NCCc1nc2ccccc2n1CCCOc1ccc(Cl)c(C)c1. The Hall–Kier alpha value is -2.79. The third kappa shape index (κ3) is 5.61. The van der Waals surface area contributed by atoms with Crippen molar-refractivity contribution < 1.29 is 9.53 Å². The molecule has 0 bridgehead atoms. The van der Waals surface area contributed by atoms with Crippen molar-refractivity contribution in [3.63, 3.8) is 0 Å². The standard InChI is InChI=1S/C23H26ClN3O2/c1-3-7-23(28)25-13-12-22-26-20-8-4-5-9-21(20)27(22)14-6-15-29-18-10-11-19(24)17(2)16-18/h3-5,7-11,16H,6,12-15H2,1-2H3,(H,25,28)/b7-3+. The zero-order valence-electron chi connectivity index (χ0n) is 16.8. The highest BCUT2D eigenvalue weighted by Crippen LogP contribution is 2.21. The number of aromatic nitrogens is 2. The van der Waals surface area contributed by atoms with Gasteiger partial charge in [0.15, 0.2) is 0 Å². The average molecular weight is 412 g/mol. The fraction of sp³-hybridized carbons (Fsp3) is 0.304. The predicted octanol–water partition coefficient (Wildman–Crippen LogP) is 4.70. The fourth-order valence-electron chi connectivity index (χ4n) is 3.19. The molecule has 1 heterocycles. The molecule has 6 heteroatoms. The van der Waals surface area contributed by atoms with Crippen LogP contribution < -0.4 is 10.1 Å². The van der Waals surface area contributed by atoms with Crippen LogP contribution in [0.5, 0.6) is 5.75 Å². The maximum absolute atomic E-state index is 11.6. The molecule has 2 aromatic carbocycles. The Morgan fingerprint density at radius 2 is 2.10 bits per heavy atom. The Labute approximate surface area is 176 Å². The Balaban J connectivity index is 1.62.